The summed E-state index contributed by atoms with van der Waals surface area (Å²) in [6, 6.07) is 19.0. The maximum absolute atomic E-state index is 14.4. The first-order chi connectivity index (χ1) is 20.2. The van der Waals surface area contributed by atoms with Crippen LogP contribution in [0.1, 0.15) is 79.9 Å². The second-order valence-electron chi connectivity index (χ2n) is 12.1. The van der Waals surface area contributed by atoms with Gasteiger partial charge in [-0.05, 0) is 52.3 Å². The van der Waals surface area contributed by atoms with Crippen LogP contribution in [0, 0.1) is 11.8 Å². The van der Waals surface area contributed by atoms with E-state index < -0.39 is 31.1 Å². The Labute approximate surface area is 247 Å². The van der Waals surface area contributed by atoms with E-state index in [-0.39, 0.29) is 24.3 Å². The van der Waals surface area contributed by atoms with Gasteiger partial charge in [-0.15, -0.1) is 0 Å². The Morgan fingerprint density at radius 2 is 1.60 bits per heavy atom. The highest BCUT2D eigenvalue weighted by molar-refractivity contribution is 6.43. The minimum atomic E-state index is -1.74. The fourth-order valence-corrected chi connectivity index (χ4v) is 6.45. The van der Waals surface area contributed by atoms with Crippen molar-refractivity contribution in [3.8, 4) is 0 Å². The third-order valence-electron chi connectivity index (χ3n) is 8.79. The van der Waals surface area contributed by atoms with Crippen LogP contribution in [0.2, 0.25) is 0 Å². The van der Waals surface area contributed by atoms with Gasteiger partial charge in [0.25, 0.3) is 5.91 Å². The van der Waals surface area contributed by atoms with E-state index in [9.17, 15) is 24.4 Å². The molecule has 0 spiro atoms. The Hall–Kier alpha value is -3.69. The highest BCUT2D eigenvalue weighted by Gasteiger charge is 2.43. The van der Waals surface area contributed by atoms with Gasteiger partial charge in [-0.25, -0.2) is 0 Å². The minimum absolute atomic E-state index is 0.230. The van der Waals surface area contributed by atoms with Crippen molar-refractivity contribution < 1.29 is 24.4 Å². The quantitative estimate of drug-likeness (QED) is 0.289. The summed E-state index contributed by atoms with van der Waals surface area (Å²) in [7, 11) is -1.74. The van der Waals surface area contributed by atoms with Crippen molar-refractivity contribution >= 4 is 35.6 Å². The zero-order valence-corrected chi connectivity index (χ0v) is 24.3. The molecule has 0 aromatic heterocycles. The van der Waals surface area contributed by atoms with Crippen LogP contribution < -0.4 is 10.6 Å². The monoisotopic (exact) mass is 569 g/mol. The number of rotatable bonds is 9. The maximum atomic E-state index is 14.4. The van der Waals surface area contributed by atoms with Gasteiger partial charge in [0, 0.05) is 12.1 Å². The maximum Gasteiger partial charge on any atom is 0.475 e. The SMILES string of the molecule is CC(C)[C@H](NC(=O)C1c2ccccc2CN1C(=O)[C@@H](CC1CCCCC1)NC(=O)c1ccc2ccccc2c1)B(O)O. The Kier molecular flexibility index (Phi) is 9.29. The molecule has 1 unspecified atom stereocenters. The summed E-state index contributed by atoms with van der Waals surface area (Å²) in [5.74, 6) is -1.94. The van der Waals surface area contributed by atoms with Gasteiger partial charge in [0.15, 0.2) is 0 Å². The van der Waals surface area contributed by atoms with Gasteiger partial charge in [-0.3, -0.25) is 14.4 Å². The normalized spacial score (nSPS) is 18.4. The van der Waals surface area contributed by atoms with Crippen molar-refractivity contribution in [3.05, 3.63) is 83.4 Å². The summed E-state index contributed by atoms with van der Waals surface area (Å²) in [5.41, 5.74) is 2.04. The van der Waals surface area contributed by atoms with E-state index in [1.165, 1.54) is 11.3 Å². The van der Waals surface area contributed by atoms with Gasteiger partial charge in [-0.1, -0.05) is 101 Å². The second kappa shape index (κ2) is 13.1. The zero-order valence-electron chi connectivity index (χ0n) is 24.3. The van der Waals surface area contributed by atoms with Gasteiger partial charge in [0.05, 0.1) is 5.94 Å². The van der Waals surface area contributed by atoms with Crippen molar-refractivity contribution in [3.63, 3.8) is 0 Å². The average Bonchev–Trinajstić information content (AvgIpc) is 3.38. The van der Waals surface area contributed by atoms with E-state index in [1.54, 1.807) is 19.9 Å². The molecule has 0 radical (unpaired) electrons. The van der Waals surface area contributed by atoms with Crippen molar-refractivity contribution in [2.45, 2.75) is 76.9 Å². The Balaban J connectivity index is 1.43. The van der Waals surface area contributed by atoms with Gasteiger partial charge >= 0.3 is 7.12 Å². The van der Waals surface area contributed by atoms with Crippen LogP contribution in [0.15, 0.2) is 66.7 Å². The van der Waals surface area contributed by atoms with Gasteiger partial charge in [-0.2, -0.15) is 0 Å². The molecule has 3 aromatic carbocycles. The molecule has 1 aliphatic heterocycles. The molecule has 42 heavy (non-hydrogen) atoms. The van der Waals surface area contributed by atoms with Gasteiger partial charge < -0.3 is 25.6 Å². The third-order valence-corrected chi connectivity index (χ3v) is 8.79. The summed E-state index contributed by atoms with van der Waals surface area (Å²) in [6.45, 7) is 3.81. The molecule has 3 amide bonds. The number of carbonyl (C=O) groups excluding carboxylic acids is 3. The highest BCUT2D eigenvalue weighted by Crippen LogP contribution is 2.36. The molecule has 5 rings (SSSR count). The third kappa shape index (κ3) is 6.52. The number of benzene rings is 3. The predicted molar refractivity (Wildman–Crippen MR) is 163 cm³/mol. The Morgan fingerprint density at radius 1 is 0.905 bits per heavy atom. The molecular formula is C33H40BN3O5. The molecule has 220 valence electrons. The lowest BCUT2D eigenvalue weighted by Crippen LogP contribution is -2.54. The van der Waals surface area contributed by atoms with Crippen LogP contribution in [-0.4, -0.2) is 51.8 Å². The van der Waals surface area contributed by atoms with E-state index in [0.717, 1.165) is 42.0 Å². The van der Waals surface area contributed by atoms with E-state index >= 15 is 0 Å². The number of nitrogens with zero attached hydrogens (tertiary/aromatic N) is 1. The molecule has 1 heterocycles. The fourth-order valence-electron chi connectivity index (χ4n) is 6.45. The predicted octanol–water partition coefficient (Wildman–Crippen LogP) is 4.14. The molecule has 3 aromatic rings. The van der Waals surface area contributed by atoms with Crippen molar-refractivity contribution in [2.24, 2.45) is 11.8 Å². The number of hydrogen-bond acceptors (Lipinski definition) is 5. The Morgan fingerprint density at radius 3 is 2.31 bits per heavy atom. The van der Waals surface area contributed by atoms with Crippen molar-refractivity contribution in [1.82, 2.24) is 15.5 Å². The first kappa shape index (κ1) is 29.8. The fraction of sp³-hybridized carbons (Fsp3) is 0.424. The highest BCUT2D eigenvalue weighted by atomic mass is 16.4. The number of amides is 3. The molecule has 2 aliphatic rings. The van der Waals surface area contributed by atoms with E-state index in [0.29, 0.717) is 23.5 Å². The lowest BCUT2D eigenvalue weighted by atomic mass is 9.73. The Bertz CT molecular complexity index is 1430. The van der Waals surface area contributed by atoms with Gasteiger partial charge in [0.1, 0.15) is 12.1 Å². The first-order valence-electron chi connectivity index (χ1n) is 15.1. The molecule has 1 saturated carbocycles. The van der Waals surface area contributed by atoms with Crippen molar-refractivity contribution in [2.75, 3.05) is 0 Å². The molecule has 0 saturated heterocycles. The summed E-state index contributed by atoms with van der Waals surface area (Å²) in [6.07, 6.45) is 5.89. The zero-order chi connectivity index (χ0) is 29.8. The summed E-state index contributed by atoms with van der Waals surface area (Å²) in [4.78, 5) is 43.2. The van der Waals surface area contributed by atoms with Crippen molar-refractivity contribution in [1.29, 1.82) is 0 Å². The molecular weight excluding hydrogens is 529 g/mol. The molecule has 9 heteroatoms. The lowest BCUT2D eigenvalue weighted by molar-refractivity contribution is -0.142. The smallest absolute Gasteiger partial charge is 0.426 e. The summed E-state index contributed by atoms with van der Waals surface area (Å²) < 4.78 is 0. The van der Waals surface area contributed by atoms with Crippen LogP contribution in [0.25, 0.3) is 10.8 Å². The van der Waals surface area contributed by atoms with Crippen LogP contribution in [-0.2, 0) is 16.1 Å². The molecule has 4 N–H and O–H groups in total. The topological polar surface area (TPSA) is 119 Å². The lowest BCUT2D eigenvalue weighted by Gasteiger charge is -2.33. The summed E-state index contributed by atoms with van der Waals surface area (Å²) in [5, 5.41) is 27.6. The number of hydrogen-bond donors (Lipinski definition) is 4. The largest absolute Gasteiger partial charge is 0.475 e. The molecule has 1 fully saturated rings. The van der Waals surface area contributed by atoms with E-state index in [2.05, 4.69) is 10.6 Å². The van der Waals surface area contributed by atoms with E-state index in [1.807, 2.05) is 60.7 Å². The average molecular weight is 570 g/mol. The number of fused-ring (bicyclic) bond motifs is 2. The summed E-state index contributed by atoms with van der Waals surface area (Å²) >= 11 is 0. The number of carbonyl (C=O) groups is 3. The van der Waals surface area contributed by atoms with Crippen LogP contribution in [0.4, 0.5) is 0 Å². The van der Waals surface area contributed by atoms with Crippen LogP contribution >= 0.6 is 0 Å². The molecule has 3 atom stereocenters. The minimum Gasteiger partial charge on any atom is -0.426 e. The number of nitrogens with one attached hydrogen (secondary N) is 2. The standard InChI is InChI=1S/C33H40BN3O5/c1-21(2)30(34(41)42)36-32(39)29-27-15-9-8-14-26(27)20-37(29)33(40)28(18-22-10-4-3-5-11-22)35-31(38)25-17-16-23-12-6-7-13-24(23)19-25/h6-9,12-17,19,21-22,28-30,41-42H,3-5,10-11,18,20H2,1-2H3,(H,35,38)(H,36,39)/t28-,29?,30+/m1/s1. The van der Waals surface area contributed by atoms with Crippen LogP contribution in [0.3, 0.4) is 0 Å². The second-order valence-corrected chi connectivity index (χ2v) is 12.1. The van der Waals surface area contributed by atoms with Crippen LogP contribution in [0.5, 0.6) is 0 Å². The van der Waals surface area contributed by atoms with Gasteiger partial charge in [0.2, 0.25) is 11.8 Å². The van der Waals surface area contributed by atoms with E-state index in [4.69, 9.17) is 0 Å². The molecule has 8 nitrogen and oxygen atoms in total. The first-order valence-corrected chi connectivity index (χ1v) is 15.1. The molecule has 0 bridgehead atoms. The molecule has 1 aliphatic carbocycles.